The molecule has 0 radical (unpaired) electrons. The Bertz CT molecular complexity index is 548. The lowest BCUT2D eigenvalue weighted by molar-refractivity contribution is -0.144. The highest BCUT2D eigenvalue weighted by atomic mass is 16.5. The summed E-state index contributed by atoms with van der Waals surface area (Å²) in [6.45, 7) is 6.83. The number of aromatic nitrogens is 1. The van der Waals surface area contributed by atoms with Crippen molar-refractivity contribution >= 4 is 11.9 Å². The molecule has 1 unspecified atom stereocenters. The van der Waals surface area contributed by atoms with Crippen molar-refractivity contribution < 1.29 is 14.3 Å². The fourth-order valence-electron chi connectivity index (χ4n) is 1.73. The van der Waals surface area contributed by atoms with Crippen LogP contribution in [0.15, 0.2) is 10.9 Å². The molecule has 6 nitrogen and oxygen atoms in total. The average molecular weight is 266 g/mol. The number of amides is 1. The predicted octanol–water partition coefficient (Wildman–Crippen LogP) is 0.673. The second-order valence-corrected chi connectivity index (χ2v) is 4.29. The van der Waals surface area contributed by atoms with Gasteiger partial charge in [-0.3, -0.25) is 9.59 Å². The number of ether oxygens (including phenoxy) is 1. The van der Waals surface area contributed by atoms with Crippen LogP contribution in [0.2, 0.25) is 0 Å². The lowest BCUT2D eigenvalue weighted by Crippen LogP contribution is -2.41. The first-order valence-electron chi connectivity index (χ1n) is 6.04. The fraction of sp³-hybridized carbons (Fsp3) is 0.462. The second-order valence-electron chi connectivity index (χ2n) is 4.29. The molecule has 0 saturated carbocycles. The van der Waals surface area contributed by atoms with Gasteiger partial charge in [-0.15, -0.1) is 0 Å². The summed E-state index contributed by atoms with van der Waals surface area (Å²) in [4.78, 5) is 37.7. The maximum absolute atomic E-state index is 12.0. The van der Waals surface area contributed by atoms with Gasteiger partial charge in [0.15, 0.2) is 0 Å². The minimum absolute atomic E-state index is 0.0155. The molecular weight excluding hydrogens is 248 g/mol. The van der Waals surface area contributed by atoms with E-state index in [9.17, 15) is 14.4 Å². The van der Waals surface area contributed by atoms with E-state index in [4.69, 9.17) is 4.74 Å². The van der Waals surface area contributed by atoms with E-state index in [1.54, 1.807) is 26.8 Å². The van der Waals surface area contributed by atoms with Crippen molar-refractivity contribution in [2.75, 3.05) is 6.61 Å². The highest BCUT2D eigenvalue weighted by molar-refractivity contribution is 5.97. The Morgan fingerprint density at radius 3 is 2.58 bits per heavy atom. The molecule has 0 bridgehead atoms. The number of hydrogen-bond donors (Lipinski definition) is 2. The van der Waals surface area contributed by atoms with E-state index < -0.39 is 23.5 Å². The summed E-state index contributed by atoms with van der Waals surface area (Å²) in [6, 6.07) is 0.901. The third-order valence-corrected chi connectivity index (χ3v) is 2.58. The van der Waals surface area contributed by atoms with Crippen LogP contribution in [0.25, 0.3) is 0 Å². The smallest absolute Gasteiger partial charge is 0.328 e. The van der Waals surface area contributed by atoms with Gasteiger partial charge in [-0.2, -0.15) is 0 Å². The number of nitrogens with one attached hydrogen (secondary N) is 2. The fourth-order valence-corrected chi connectivity index (χ4v) is 1.73. The lowest BCUT2D eigenvalue weighted by atomic mass is 10.1. The molecule has 0 aliphatic heterocycles. The number of H-pyrrole nitrogens is 1. The van der Waals surface area contributed by atoms with E-state index in [0.717, 1.165) is 0 Å². The van der Waals surface area contributed by atoms with Crippen LogP contribution in [-0.4, -0.2) is 29.5 Å². The summed E-state index contributed by atoms with van der Waals surface area (Å²) in [7, 11) is 0. The lowest BCUT2D eigenvalue weighted by Gasteiger charge is -2.13. The van der Waals surface area contributed by atoms with Gasteiger partial charge in [0.25, 0.3) is 11.5 Å². The molecule has 0 spiro atoms. The Labute approximate surface area is 111 Å². The molecule has 0 aliphatic rings. The summed E-state index contributed by atoms with van der Waals surface area (Å²) in [5, 5.41) is 2.45. The first kappa shape index (κ1) is 14.9. The number of carbonyl (C=O) groups is 2. The highest BCUT2D eigenvalue weighted by Gasteiger charge is 2.20. The molecule has 1 aromatic rings. The van der Waals surface area contributed by atoms with E-state index in [1.807, 2.05) is 0 Å². The minimum atomic E-state index is -0.799. The summed E-state index contributed by atoms with van der Waals surface area (Å²) in [5.41, 5.74) is 0.792. The maximum atomic E-state index is 12.0. The summed E-state index contributed by atoms with van der Waals surface area (Å²) < 4.78 is 4.78. The number of rotatable bonds is 4. The highest BCUT2D eigenvalue weighted by Crippen LogP contribution is 2.04. The van der Waals surface area contributed by atoms with Crippen molar-refractivity contribution in [3.05, 3.63) is 33.2 Å². The molecule has 1 aromatic heterocycles. The molecule has 19 heavy (non-hydrogen) atoms. The Balaban J connectivity index is 2.91. The topological polar surface area (TPSA) is 88.3 Å². The van der Waals surface area contributed by atoms with Gasteiger partial charge in [-0.05, 0) is 39.3 Å². The van der Waals surface area contributed by atoms with Crippen LogP contribution in [0.5, 0.6) is 0 Å². The van der Waals surface area contributed by atoms with Crippen molar-refractivity contribution in [2.24, 2.45) is 0 Å². The van der Waals surface area contributed by atoms with Crippen molar-refractivity contribution in [2.45, 2.75) is 33.7 Å². The monoisotopic (exact) mass is 266 g/mol. The number of esters is 1. The van der Waals surface area contributed by atoms with Gasteiger partial charge in [0.05, 0.1) is 6.61 Å². The molecule has 2 N–H and O–H groups in total. The summed E-state index contributed by atoms with van der Waals surface area (Å²) >= 11 is 0. The SMILES string of the molecule is CCOC(=O)C(C)NC(=O)c1c(C)cc(C)[nH]c1=O. The van der Waals surface area contributed by atoms with Gasteiger partial charge >= 0.3 is 5.97 Å². The molecule has 1 rings (SSSR count). The minimum Gasteiger partial charge on any atom is -0.464 e. The molecule has 1 heterocycles. The molecule has 1 amide bonds. The van der Waals surface area contributed by atoms with E-state index >= 15 is 0 Å². The molecule has 0 aromatic carbocycles. The first-order valence-corrected chi connectivity index (χ1v) is 6.04. The van der Waals surface area contributed by atoms with Gasteiger partial charge in [0.1, 0.15) is 11.6 Å². The van der Waals surface area contributed by atoms with Crippen molar-refractivity contribution in [3.8, 4) is 0 Å². The summed E-state index contributed by atoms with van der Waals surface area (Å²) in [6.07, 6.45) is 0. The number of aryl methyl sites for hydroxylation is 2. The van der Waals surface area contributed by atoms with Crippen LogP contribution >= 0.6 is 0 Å². The largest absolute Gasteiger partial charge is 0.464 e. The van der Waals surface area contributed by atoms with Crippen LogP contribution in [0.3, 0.4) is 0 Å². The molecule has 0 aliphatic carbocycles. The van der Waals surface area contributed by atoms with Crippen LogP contribution in [-0.2, 0) is 9.53 Å². The number of pyridine rings is 1. The first-order chi connectivity index (χ1) is 8.86. The van der Waals surface area contributed by atoms with Crippen molar-refractivity contribution in [1.29, 1.82) is 0 Å². The molecule has 6 heteroatoms. The normalized spacial score (nSPS) is 11.8. The van der Waals surface area contributed by atoms with E-state index in [0.29, 0.717) is 11.3 Å². The zero-order chi connectivity index (χ0) is 14.6. The Kier molecular flexibility index (Phi) is 4.86. The summed E-state index contributed by atoms with van der Waals surface area (Å²) in [5.74, 6) is -1.11. The molecule has 104 valence electrons. The molecule has 1 atom stereocenters. The van der Waals surface area contributed by atoms with E-state index in [1.165, 1.54) is 6.92 Å². The van der Waals surface area contributed by atoms with Gasteiger partial charge in [0, 0.05) is 5.69 Å². The standard InChI is InChI=1S/C13H18N2O4/c1-5-19-13(18)9(4)15-12(17)10-7(2)6-8(3)14-11(10)16/h6,9H,5H2,1-4H3,(H,14,16)(H,15,17). The van der Waals surface area contributed by atoms with Gasteiger partial charge in [-0.1, -0.05) is 0 Å². The van der Waals surface area contributed by atoms with Crippen molar-refractivity contribution in [1.82, 2.24) is 10.3 Å². The number of hydrogen-bond acceptors (Lipinski definition) is 4. The Morgan fingerprint density at radius 1 is 1.42 bits per heavy atom. The van der Waals surface area contributed by atoms with Crippen LogP contribution < -0.4 is 10.9 Å². The van der Waals surface area contributed by atoms with Crippen LogP contribution in [0, 0.1) is 13.8 Å². The quantitative estimate of drug-likeness (QED) is 0.784. The van der Waals surface area contributed by atoms with Crippen LogP contribution in [0.1, 0.15) is 35.5 Å². The van der Waals surface area contributed by atoms with Gasteiger partial charge < -0.3 is 15.0 Å². The van der Waals surface area contributed by atoms with E-state index in [-0.39, 0.29) is 12.2 Å². The van der Waals surface area contributed by atoms with Gasteiger partial charge in [0.2, 0.25) is 0 Å². The third kappa shape index (κ3) is 3.67. The number of carbonyl (C=O) groups excluding carboxylic acids is 2. The second kappa shape index (κ2) is 6.17. The molecule has 0 saturated heterocycles. The van der Waals surface area contributed by atoms with Gasteiger partial charge in [-0.25, -0.2) is 4.79 Å². The maximum Gasteiger partial charge on any atom is 0.328 e. The zero-order valence-electron chi connectivity index (χ0n) is 11.5. The van der Waals surface area contributed by atoms with Crippen LogP contribution in [0.4, 0.5) is 0 Å². The zero-order valence-corrected chi connectivity index (χ0v) is 11.5. The molecular formula is C13H18N2O4. The predicted molar refractivity (Wildman–Crippen MR) is 70.1 cm³/mol. The molecule has 0 fully saturated rings. The van der Waals surface area contributed by atoms with Crippen molar-refractivity contribution in [3.63, 3.8) is 0 Å². The number of aromatic amines is 1. The van der Waals surface area contributed by atoms with E-state index in [2.05, 4.69) is 10.3 Å². The Hall–Kier alpha value is -2.11. The third-order valence-electron chi connectivity index (χ3n) is 2.58. The average Bonchev–Trinajstić information content (AvgIpc) is 2.27. The Morgan fingerprint density at radius 2 is 2.05 bits per heavy atom.